The maximum Gasteiger partial charge on any atom is 0.216 e. The van der Waals surface area contributed by atoms with E-state index in [0.29, 0.717) is 5.56 Å². The lowest BCUT2D eigenvalue weighted by Gasteiger charge is -2.01. The standard InChI is InChI=1S/C11H10FN3O/c1-8(16)11-13-7-15(14-11)6-9-4-2-3-5-10(9)12/h2-5,7H,6H2,1H3. The van der Waals surface area contributed by atoms with Crippen LogP contribution in [0.25, 0.3) is 0 Å². The van der Waals surface area contributed by atoms with Gasteiger partial charge in [0.1, 0.15) is 12.1 Å². The van der Waals surface area contributed by atoms with Gasteiger partial charge in [0.25, 0.3) is 0 Å². The third kappa shape index (κ3) is 2.13. The van der Waals surface area contributed by atoms with Gasteiger partial charge in [-0.05, 0) is 6.07 Å². The lowest BCUT2D eigenvalue weighted by atomic mass is 10.2. The van der Waals surface area contributed by atoms with Crippen LogP contribution >= 0.6 is 0 Å². The molecule has 0 unspecified atom stereocenters. The van der Waals surface area contributed by atoms with Crippen LogP contribution in [0.4, 0.5) is 4.39 Å². The summed E-state index contributed by atoms with van der Waals surface area (Å²) in [6, 6.07) is 6.44. The Bertz CT molecular complexity index is 521. The average molecular weight is 219 g/mol. The molecule has 0 aliphatic rings. The Morgan fingerprint density at radius 1 is 1.44 bits per heavy atom. The summed E-state index contributed by atoms with van der Waals surface area (Å²) < 4.78 is 14.8. The molecule has 82 valence electrons. The van der Waals surface area contributed by atoms with Crippen molar-refractivity contribution in [3.8, 4) is 0 Å². The monoisotopic (exact) mass is 219 g/mol. The van der Waals surface area contributed by atoms with Crippen molar-refractivity contribution in [3.05, 3.63) is 47.8 Å². The van der Waals surface area contributed by atoms with Gasteiger partial charge in [0.2, 0.25) is 5.82 Å². The number of ketones is 1. The highest BCUT2D eigenvalue weighted by Crippen LogP contribution is 2.07. The number of halogens is 1. The van der Waals surface area contributed by atoms with Gasteiger partial charge in [0.15, 0.2) is 5.78 Å². The van der Waals surface area contributed by atoms with Gasteiger partial charge >= 0.3 is 0 Å². The van der Waals surface area contributed by atoms with E-state index in [4.69, 9.17) is 0 Å². The van der Waals surface area contributed by atoms with Crippen molar-refractivity contribution in [1.82, 2.24) is 14.8 Å². The molecule has 0 spiro atoms. The zero-order valence-electron chi connectivity index (χ0n) is 8.72. The molecule has 0 saturated carbocycles. The molecule has 5 heteroatoms. The molecule has 2 aromatic rings. The topological polar surface area (TPSA) is 47.8 Å². The number of benzene rings is 1. The summed E-state index contributed by atoms with van der Waals surface area (Å²) in [5, 5.41) is 3.94. The van der Waals surface area contributed by atoms with E-state index in [1.54, 1.807) is 18.2 Å². The molecule has 0 N–H and O–H groups in total. The first kappa shape index (κ1) is 10.5. The van der Waals surface area contributed by atoms with E-state index in [-0.39, 0.29) is 24.0 Å². The fourth-order valence-electron chi connectivity index (χ4n) is 1.33. The van der Waals surface area contributed by atoms with Crippen molar-refractivity contribution in [2.75, 3.05) is 0 Å². The molecule has 16 heavy (non-hydrogen) atoms. The summed E-state index contributed by atoms with van der Waals surface area (Å²) in [6.45, 7) is 1.66. The molecule has 0 radical (unpaired) electrons. The third-order valence-corrected chi connectivity index (χ3v) is 2.14. The van der Waals surface area contributed by atoms with Crippen LogP contribution in [-0.4, -0.2) is 20.5 Å². The number of carbonyl (C=O) groups is 1. The second-order valence-electron chi connectivity index (χ2n) is 3.41. The van der Waals surface area contributed by atoms with E-state index in [1.165, 1.54) is 24.0 Å². The smallest absolute Gasteiger partial charge is 0.216 e. The van der Waals surface area contributed by atoms with Crippen LogP contribution in [0.15, 0.2) is 30.6 Å². The van der Waals surface area contributed by atoms with Crippen LogP contribution in [0.1, 0.15) is 23.1 Å². The van der Waals surface area contributed by atoms with Gasteiger partial charge in [-0.15, -0.1) is 5.10 Å². The number of hydrogen-bond acceptors (Lipinski definition) is 3. The van der Waals surface area contributed by atoms with Crippen LogP contribution < -0.4 is 0 Å². The summed E-state index contributed by atoms with van der Waals surface area (Å²) in [7, 11) is 0. The molecule has 0 aliphatic heterocycles. The van der Waals surface area contributed by atoms with E-state index >= 15 is 0 Å². The molecule has 2 rings (SSSR count). The van der Waals surface area contributed by atoms with Crippen LogP contribution in [0.2, 0.25) is 0 Å². The van der Waals surface area contributed by atoms with Crippen LogP contribution in [0.3, 0.4) is 0 Å². The van der Waals surface area contributed by atoms with Crippen molar-refractivity contribution in [1.29, 1.82) is 0 Å². The van der Waals surface area contributed by atoms with E-state index in [2.05, 4.69) is 10.1 Å². The Morgan fingerprint density at radius 3 is 2.81 bits per heavy atom. The molecule has 4 nitrogen and oxygen atoms in total. The fraction of sp³-hybridized carbons (Fsp3) is 0.182. The van der Waals surface area contributed by atoms with Crippen molar-refractivity contribution in [3.63, 3.8) is 0 Å². The minimum atomic E-state index is -0.289. The first-order chi connectivity index (χ1) is 7.66. The maximum absolute atomic E-state index is 13.3. The Labute approximate surface area is 91.7 Å². The zero-order valence-corrected chi connectivity index (χ0v) is 8.72. The normalized spacial score (nSPS) is 10.4. The van der Waals surface area contributed by atoms with E-state index in [0.717, 1.165) is 0 Å². The van der Waals surface area contributed by atoms with Gasteiger partial charge in [0.05, 0.1) is 6.54 Å². The molecular weight excluding hydrogens is 209 g/mol. The molecule has 1 aromatic carbocycles. The van der Waals surface area contributed by atoms with Crippen molar-refractivity contribution >= 4 is 5.78 Å². The van der Waals surface area contributed by atoms with Crippen LogP contribution in [-0.2, 0) is 6.54 Å². The predicted molar refractivity (Wildman–Crippen MR) is 55.5 cm³/mol. The van der Waals surface area contributed by atoms with Gasteiger partial charge in [-0.3, -0.25) is 4.79 Å². The molecule has 0 atom stereocenters. The SMILES string of the molecule is CC(=O)c1ncn(Cc2ccccc2F)n1. The second-order valence-corrected chi connectivity index (χ2v) is 3.41. The molecule has 0 fully saturated rings. The zero-order chi connectivity index (χ0) is 11.5. The van der Waals surface area contributed by atoms with Crippen molar-refractivity contribution in [2.45, 2.75) is 13.5 Å². The summed E-state index contributed by atoms with van der Waals surface area (Å²) in [5.74, 6) is -0.342. The largest absolute Gasteiger partial charge is 0.291 e. The van der Waals surface area contributed by atoms with Crippen LogP contribution in [0.5, 0.6) is 0 Å². The van der Waals surface area contributed by atoms with Gasteiger partial charge in [-0.25, -0.2) is 14.1 Å². The van der Waals surface area contributed by atoms with Gasteiger partial charge < -0.3 is 0 Å². The maximum atomic E-state index is 13.3. The van der Waals surface area contributed by atoms with Gasteiger partial charge in [0, 0.05) is 12.5 Å². The predicted octanol–water partition coefficient (Wildman–Crippen LogP) is 1.67. The van der Waals surface area contributed by atoms with Crippen LogP contribution in [0, 0.1) is 5.82 Å². The molecule has 0 amide bonds. The number of Topliss-reactive ketones (excluding diaryl/α,β-unsaturated/α-hetero) is 1. The summed E-state index contributed by atoms with van der Waals surface area (Å²) in [6.07, 6.45) is 1.42. The number of nitrogens with zero attached hydrogens (tertiary/aromatic N) is 3. The summed E-state index contributed by atoms with van der Waals surface area (Å²) in [5.41, 5.74) is 0.516. The van der Waals surface area contributed by atoms with E-state index < -0.39 is 0 Å². The van der Waals surface area contributed by atoms with Crippen molar-refractivity contribution < 1.29 is 9.18 Å². The number of aromatic nitrogens is 3. The number of rotatable bonds is 3. The minimum absolute atomic E-state index is 0.149. The Morgan fingerprint density at radius 2 is 2.19 bits per heavy atom. The highest BCUT2D eigenvalue weighted by molar-refractivity contribution is 5.89. The molecule has 0 aliphatic carbocycles. The Hall–Kier alpha value is -2.04. The first-order valence-electron chi connectivity index (χ1n) is 4.80. The molecule has 0 saturated heterocycles. The molecule has 1 heterocycles. The first-order valence-corrected chi connectivity index (χ1v) is 4.80. The van der Waals surface area contributed by atoms with E-state index in [9.17, 15) is 9.18 Å². The summed E-state index contributed by atoms with van der Waals surface area (Å²) in [4.78, 5) is 14.8. The molecule has 0 bridgehead atoms. The molecular formula is C11H10FN3O. The van der Waals surface area contributed by atoms with E-state index in [1.807, 2.05) is 0 Å². The second kappa shape index (κ2) is 4.22. The fourth-order valence-corrected chi connectivity index (χ4v) is 1.33. The lowest BCUT2D eigenvalue weighted by molar-refractivity contribution is 0.100. The van der Waals surface area contributed by atoms with Gasteiger partial charge in [-0.2, -0.15) is 0 Å². The summed E-state index contributed by atoms with van der Waals surface area (Å²) >= 11 is 0. The molecule has 1 aromatic heterocycles. The van der Waals surface area contributed by atoms with Gasteiger partial charge in [-0.1, -0.05) is 18.2 Å². The minimum Gasteiger partial charge on any atom is -0.291 e. The third-order valence-electron chi connectivity index (χ3n) is 2.14. The quantitative estimate of drug-likeness (QED) is 0.738. The van der Waals surface area contributed by atoms with Crippen molar-refractivity contribution in [2.24, 2.45) is 0 Å². The number of hydrogen-bond donors (Lipinski definition) is 0. The Kier molecular flexibility index (Phi) is 2.76. The lowest BCUT2D eigenvalue weighted by Crippen LogP contribution is -2.04. The highest BCUT2D eigenvalue weighted by Gasteiger charge is 2.07. The average Bonchev–Trinajstić information content (AvgIpc) is 2.70. The Balaban J connectivity index is 2.21. The number of carbonyl (C=O) groups excluding carboxylic acids is 1. The highest BCUT2D eigenvalue weighted by atomic mass is 19.1.